The van der Waals surface area contributed by atoms with Gasteiger partial charge in [-0.05, 0) is 42.9 Å². The summed E-state index contributed by atoms with van der Waals surface area (Å²) in [6.07, 6.45) is 10.7. The van der Waals surface area contributed by atoms with E-state index in [-0.39, 0.29) is 12.1 Å². The molecule has 3 aromatic rings. The zero-order valence-corrected chi connectivity index (χ0v) is 13.9. The number of nitrogens with zero attached hydrogens (tertiary/aromatic N) is 5. The van der Waals surface area contributed by atoms with Crippen LogP contribution in [0.25, 0.3) is 10.9 Å². The Morgan fingerprint density at radius 3 is 2.72 bits per heavy atom. The van der Waals surface area contributed by atoms with Crippen molar-refractivity contribution in [2.75, 3.05) is 18.0 Å². The molecular formula is C19H21N5O. The molecular weight excluding hydrogens is 314 g/mol. The van der Waals surface area contributed by atoms with Crippen LogP contribution in [0.15, 0.2) is 49.3 Å². The third-order valence-corrected chi connectivity index (χ3v) is 5.83. The van der Waals surface area contributed by atoms with Crippen LogP contribution < -0.4 is 4.90 Å². The molecule has 0 spiro atoms. The van der Waals surface area contributed by atoms with Gasteiger partial charge in [0.2, 0.25) is 0 Å². The molecule has 0 radical (unpaired) electrons. The van der Waals surface area contributed by atoms with E-state index in [0.717, 1.165) is 42.7 Å². The van der Waals surface area contributed by atoms with Crippen LogP contribution in [0.4, 0.5) is 5.82 Å². The highest BCUT2D eigenvalue weighted by Gasteiger charge is 2.42. The van der Waals surface area contributed by atoms with Gasteiger partial charge in [0.15, 0.2) is 0 Å². The minimum absolute atomic E-state index is 0.130. The van der Waals surface area contributed by atoms with Gasteiger partial charge in [-0.3, -0.25) is 4.98 Å². The van der Waals surface area contributed by atoms with E-state index >= 15 is 0 Å². The van der Waals surface area contributed by atoms with E-state index in [1.54, 1.807) is 6.20 Å². The highest BCUT2D eigenvalue weighted by atomic mass is 16.3. The second-order valence-corrected chi connectivity index (χ2v) is 7.25. The van der Waals surface area contributed by atoms with Crippen molar-refractivity contribution in [3.63, 3.8) is 0 Å². The van der Waals surface area contributed by atoms with Crippen molar-refractivity contribution in [1.82, 2.24) is 19.5 Å². The number of hydrogen-bond donors (Lipinski definition) is 1. The van der Waals surface area contributed by atoms with Gasteiger partial charge >= 0.3 is 0 Å². The van der Waals surface area contributed by atoms with E-state index in [1.165, 1.54) is 0 Å². The summed E-state index contributed by atoms with van der Waals surface area (Å²) >= 11 is 0. The van der Waals surface area contributed by atoms with Crippen LogP contribution in [-0.4, -0.2) is 43.8 Å². The SMILES string of the molecule is O[C@@H]1C[C@H]2CN(c3nccc4ncccc34)C[C@H]2C[C@H]1n1ccnc1. The summed E-state index contributed by atoms with van der Waals surface area (Å²) in [6, 6.07) is 6.15. The Hall–Kier alpha value is -2.47. The number of aliphatic hydroxyl groups is 1. The monoisotopic (exact) mass is 335 g/mol. The van der Waals surface area contributed by atoms with E-state index < -0.39 is 0 Å². The van der Waals surface area contributed by atoms with E-state index in [1.807, 2.05) is 37.1 Å². The summed E-state index contributed by atoms with van der Waals surface area (Å²) in [6.45, 7) is 1.95. The largest absolute Gasteiger partial charge is 0.391 e. The summed E-state index contributed by atoms with van der Waals surface area (Å²) in [5, 5.41) is 11.7. The number of hydrogen-bond acceptors (Lipinski definition) is 5. The summed E-state index contributed by atoms with van der Waals surface area (Å²) in [4.78, 5) is 15.6. The number of imidazole rings is 1. The minimum Gasteiger partial charge on any atom is -0.391 e. The number of aliphatic hydroxyl groups excluding tert-OH is 1. The van der Waals surface area contributed by atoms with E-state index in [4.69, 9.17) is 0 Å². The maximum atomic E-state index is 10.6. The number of fused-ring (bicyclic) bond motifs is 2. The van der Waals surface area contributed by atoms with Gasteiger partial charge in [0.1, 0.15) is 5.82 Å². The Morgan fingerprint density at radius 2 is 1.88 bits per heavy atom. The lowest BCUT2D eigenvalue weighted by Crippen LogP contribution is -2.35. The van der Waals surface area contributed by atoms with Gasteiger partial charge in [-0.1, -0.05) is 0 Å². The first-order valence-electron chi connectivity index (χ1n) is 8.90. The molecule has 1 aliphatic heterocycles. The average Bonchev–Trinajstić information content (AvgIpc) is 3.29. The average molecular weight is 335 g/mol. The molecule has 6 nitrogen and oxygen atoms in total. The van der Waals surface area contributed by atoms with Crippen LogP contribution in [0.1, 0.15) is 18.9 Å². The fourth-order valence-corrected chi connectivity index (χ4v) is 4.61. The molecule has 0 unspecified atom stereocenters. The smallest absolute Gasteiger partial charge is 0.138 e. The van der Waals surface area contributed by atoms with Crippen LogP contribution in [0.3, 0.4) is 0 Å². The van der Waals surface area contributed by atoms with Crippen LogP contribution in [-0.2, 0) is 0 Å². The van der Waals surface area contributed by atoms with Gasteiger partial charge in [-0.25, -0.2) is 9.97 Å². The number of rotatable bonds is 2. The van der Waals surface area contributed by atoms with Crippen molar-refractivity contribution in [3.05, 3.63) is 49.3 Å². The molecule has 5 rings (SSSR count). The second kappa shape index (κ2) is 5.81. The van der Waals surface area contributed by atoms with Crippen LogP contribution in [0.5, 0.6) is 0 Å². The second-order valence-electron chi connectivity index (χ2n) is 7.25. The summed E-state index contributed by atoms with van der Waals surface area (Å²) < 4.78 is 2.06. The van der Waals surface area contributed by atoms with Crippen LogP contribution >= 0.6 is 0 Å². The summed E-state index contributed by atoms with van der Waals surface area (Å²) in [5.41, 5.74) is 0.985. The zero-order valence-electron chi connectivity index (χ0n) is 13.9. The van der Waals surface area contributed by atoms with Crippen molar-refractivity contribution in [3.8, 4) is 0 Å². The maximum Gasteiger partial charge on any atom is 0.138 e. The third kappa shape index (κ3) is 2.48. The summed E-state index contributed by atoms with van der Waals surface area (Å²) in [7, 11) is 0. The van der Waals surface area contributed by atoms with Gasteiger partial charge in [0.05, 0.1) is 24.0 Å². The molecule has 2 aliphatic rings. The Morgan fingerprint density at radius 1 is 1.00 bits per heavy atom. The van der Waals surface area contributed by atoms with Crippen molar-refractivity contribution in [2.45, 2.75) is 25.0 Å². The molecule has 1 saturated carbocycles. The van der Waals surface area contributed by atoms with Crippen molar-refractivity contribution in [2.24, 2.45) is 11.8 Å². The molecule has 1 N–H and O–H groups in total. The van der Waals surface area contributed by atoms with E-state index in [0.29, 0.717) is 11.8 Å². The highest BCUT2D eigenvalue weighted by molar-refractivity contribution is 5.89. The first-order chi connectivity index (χ1) is 12.3. The van der Waals surface area contributed by atoms with Gasteiger partial charge in [0, 0.05) is 43.3 Å². The molecule has 25 heavy (non-hydrogen) atoms. The molecule has 4 heterocycles. The zero-order chi connectivity index (χ0) is 16.8. The van der Waals surface area contributed by atoms with Crippen LogP contribution in [0, 0.1) is 11.8 Å². The minimum atomic E-state index is -0.308. The van der Waals surface area contributed by atoms with Gasteiger partial charge < -0.3 is 14.6 Å². The molecule has 2 fully saturated rings. The van der Waals surface area contributed by atoms with Gasteiger partial charge in [-0.15, -0.1) is 0 Å². The Balaban J connectivity index is 1.42. The first kappa shape index (κ1) is 14.8. The number of pyridine rings is 2. The molecule has 0 amide bonds. The maximum absolute atomic E-state index is 10.6. The molecule has 0 aromatic carbocycles. The van der Waals surface area contributed by atoms with E-state index in [2.05, 4.69) is 30.5 Å². The topological polar surface area (TPSA) is 67.1 Å². The predicted molar refractivity (Wildman–Crippen MR) is 95.2 cm³/mol. The lowest BCUT2D eigenvalue weighted by molar-refractivity contribution is 0.0358. The molecule has 4 atom stereocenters. The quantitative estimate of drug-likeness (QED) is 0.778. The lowest BCUT2D eigenvalue weighted by Gasteiger charge is -2.35. The molecule has 1 aliphatic carbocycles. The molecule has 128 valence electrons. The van der Waals surface area contributed by atoms with Crippen molar-refractivity contribution < 1.29 is 5.11 Å². The van der Waals surface area contributed by atoms with Crippen LogP contribution in [0.2, 0.25) is 0 Å². The fraction of sp³-hybridized carbons (Fsp3) is 0.421. The summed E-state index contributed by atoms with van der Waals surface area (Å²) in [5.74, 6) is 2.11. The molecule has 1 saturated heterocycles. The first-order valence-corrected chi connectivity index (χ1v) is 8.90. The van der Waals surface area contributed by atoms with Crippen molar-refractivity contribution >= 4 is 16.7 Å². The normalized spacial score (nSPS) is 29.1. The Labute approximate surface area is 146 Å². The Kier molecular flexibility index (Phi) is 3.45. The van der Waals surface area contributed by atoms with E-state index in [9.17, 15) is 5.11 Å². The lowest BCUT2D eigenvalue weighted by atomic mass is 9.77. The molecule has 3 aromatic heterocycles. The van der Waals surface area contributed by atoms with Crippen molar-refractivity contribution in [1.29, 1.82) is 0 Å². The molecule has 0 bridgehead atoms. The third-order valence-electron chi connectivity index (χ3n) is 5.83. The number of anilines is 1. The standard InChI is InChI=1S/C19H21N5O/c25-18-9-14-11-24(10-13(14)8-17(18)23-7-6-20-12-23)19-15-2-1-4-21-16(15)3-5-22-19/h1-7,12-14,17-18,25H,8-11H2/t13-,14+,17-,18-/m1/s1. The van der Waals surface area contributed by atoms with Gasteiger partial charge in [-0.2, -0.15) is 0 Å². The molecule has 6 heteroatoms. The highest BCUT2D eigenvalue weighted by Crippen LogP contribution is 2.42. The van der Waals surface area contributed by atoms with Gasteiger partial charge in [0.25, 0.3) is 0 Å². The predicted octanol–water partition coefficient (Wildman–Crippen LogP) is 2.27. The Bertz CT molecular complexity index is 875. The fourth-order valence-electron chi connectivity index (χ4n) is 4.61. The number of aromatic nitrogens is 4.